The van der Waals surface area contributed by atoms with E-state index in [9.17, 15) is 18.0 Å². The summed E-state index contributed by atoms with van der Waals surface area (Å²) in [6.45, 7) is 5.41. The Morgan fingerprint density at radius 2 is 1.73 bits per heavy atom. The van der Waals surface area contributed by atoms with Crippen LogP contribution in [0, 0.1) is 0 Å². The van der Waals surface area contributed by atoms with Crippen molar-refractivity contribution < 1.29 is 22.7 Å². The average Bonchev–Trinajstić information content (AvgIpc) is 3.26. The van der Waals surface area contributed by atoms with E-state index in [2.05, 4.69) is 16.6 Å². The van der Waals surface area contributed by atoms with Gasteiger partial charge in [-0.2, -0.15) is 0 Å². The molecule has 33 heavy (non-hydrogen) atoms. The number of hydrogen-bond acceptors (Lipinski definition) is 7. The molecule has 0 aliphatic carbocycles. The highest BCUT2D eigenvalue weighted by Crippen LogP contribution is 2.29. The molecule has 1 amide bonds. The van der Waals surface area contributed by atoms with Crippen LogP contribution >= 0.6 is 11.3 Å². The molecular formula is C23H25N3O5S2. The molecule has 1 N–H and O–H groups in total. The molecule has 174 valence electrons. The lowest BCUT2D eigenvalue weighted by atomic mass is 10.1. The highest BCUT2D eigenvalue weighted by atomic mass is 32.2. The Kier molecular flexibility index (Phi) is 7.96. The van der Waals surface area contributed by atoms with Gasteiger partial charge < -0.3 is 4.74 Å². The Bertz CT molecular complexity index is 1220. The Morgan fingerprint density at radius 1 is 1.06 bits per heavy atom. The fraction of sp³-hybridized carbons (Fsp3) is 0.261. The number of nitrogens with zero attached hydrogens (tertiary/aromatic N) is 2. The van der Waals surface area contributed by atoms with E-state index in [4.69, 9.17) is 4.74 Å². The lowest BCUT2D eigenvalue weighted by Crippen LogP contribution is -2.23. The van der Waals surface area contributed by atoms with Crippen LogP contribution in [0.15, 0.2) is 58.8 Å². The van der Waals surface area contributed by atoms with Gasteiger partial charge >= 0.3 is 5.97 Å². The fourth-order valence-electron chi connectivity index (χ4n) is 3.04. The second-order valence-electron chi connectivity index (χ2n) is 7.10. The number of carbonyl (C=O) groups is 2. The summed E-state index contributed by atoms with van der Waals surface area (Å²) < 4.78 is 31.7. The van der Waals surface area contributed by atoms with Crippen LogP contribution in [0.25, 0.3) is 0 Å². The molecule has 3 aromatic rings. The molecule has 3 rings (SSSR count). The van der Waals surface area contributed by atoms with Crippen molar-refractivity contribution in [2.24, 2.45) is 0 Å². The zero-order valence-electron chi connectivity index (χ0n) is 18.6. The van der Waals surface area contributed by atoms with Crippen LogP contribution in [-0.2, 0) is 32.6 Å². The van der Waals surface area contributed by atoms with E-state index in [-0.39, 0.29) is 29.5 Å². The molecule has 2 aromatic carbocycles. The second-order valence-corrected chi connectivity index (χ2v) is 9.70. The topological polar surface area (TPSA) is 106 Å². The number of benzene rings is 2. The molecule has 1 aromatic heterocycles. The van der Waals surface area contributed by atoms with Crippen molar-refractivity contribution in [1.82, 2.24) is 9.71 Å². The number of amides is 1. The summed E-state index contributed by atoms with van der Waals surface area (Å²) in [5, 5.41) is 2.21. The monoisotopic (exact) mass is 487 g/mol. The van der Waals surface area contributed by atoms with Gasteiger partial charge in [0.05, 0.1) is 21.8 Å². The summed E-state index contributed by atoms with van der Waals surface area (Å²) in [6, 6.07) is 13.2. The number of hydrogen-bond donors (Lipinski definition) is 1. The smallest absolute Gasteiger partial charge is 0.338 e. The number of ether oxygens (including phenoxy) is 1. The van der Waals surface area contributed by atoms with Gasteiger partial charge in [0, 0.05) is 18.8 Å². The van der Waals surface area contributed by atoms with Gasteiger partial charge in [-0.05, 0) is 48.4 Å². The number of rotatable bonds is 9. The number of carbonyl (C=O) groups excluding carboxylic acids is 2. The van der Waals surface area contributed by atoms with E-state index in [0.717, 1.165) is 6.42 Å². The Hall–Kier alpha value is -3.08. The standard InChI is InChI=1S/C23H25N3O5S2/c1-4-17-6-10-20(11-7-17)26(16(3)27)23-25-19(15-32-23)14-31-22(28)18-8-12-21(13-9-18)33(29,30)24-5-2/h6-13,15,24H,4-5,14H2,1-3H3. The van der Waals surface area contributed by atoms with Crippen LogP contribution in [0.4, 0.5) is 10.8 Å². The lowest BCUT2D eigenvalue weighted by Gasteiger charge is -2.18. The normalized spacial score (nSPS) is 11.2. The third-order valence-corrected chi connectivity index (χ3v) is 7.17. The number of thiazole rings is 1. The van der Waals surface area contributed by atoms with Crippen LogP contribution < -0.4 is 9.62 Å². The minimum Gasteiger partial charge on any atom is -0.456 e. The second kappa shape index (κ2) is 10.7. The maximum atomic E-state index is 12.4. The van der Waals surface area contributed by atoms with Crippen molar-refractivity contribution >= 4 is 44.1 Å². The van der Waals surface area contributed by atoms with Crippen molar-refractivity contribution in [1.29, 1.82) is 0 Å². The van der Waals surface area contributed by atoms with Crippen molar-refractivity contribution in [3.05, 3.63) is 70.7 Å². The molecule has 0 atom stereocenters. The first-order chi connectivity index (χ1) is 15.7. The number of anilines is 2. The van der Waals surface area contributed by atoms with Crippen LogP contribution in [0.1, 0.15) is 42.4 Å². The highest BCUT2D eigenvalue weighted by molar-refractivity contribution is 7.89. The van der Waals surface area contributed by atoms with E-state index in [1.807, 2.05) is 24.3 Å². The molecule has 1 heterocycles. The summed E-state index contributed by atoms with van der Waals surface area (Å²) >= 11 is 1.28. The van der Waals surface area contributed by atoms with Crippen molar-refractivity contribution in [2.45, 2.75) is 38.7 Å². The molecule has 0 aliphatic heterocycles. The highest BCUT2D eigenvalue weighted by Gasteiger charge is 2.19. The molecule has 0 aliphatic rings. The van der Waals surface area contributed by atoms with Crippen molar-refractivity contribution in [3.63, 3.8) is 0 Å². The third kappa shape index (κ3) is 6.04. The number of aryl methyl sites for hydroxylation is 1. The van der Waals surface area contributed by atoms with Crippen LogP contribution in [-0.4, -0.2) is 31.8 Å². The van der Waals surface area contributed by atoms with E-state index in [1.165, 1.54) is 53.0 Å². The van der Waals surface area contributed by atoms with Gasteiger partial charge in [-0.1, -0.05) is 26.0 Å². The molecule has 10 heteroatoms. The Morgan fingerprint density at radius 3 is 2.30 bits per heavy atom. The van der Waals surface area contributed by atoms with Crippen LogP contribution in [0.2, 0.25) is 0 Å². The first-order valence-electron chi connectivity index (χ1n) is 10.4. The van der Waals surface area contributed by atoms with Gasteiger partial charge in [0.15, 0.2) is 5.13 Å². The molecule has 0 radical (unpaired) electrons. The summed E-state index contributed by atoms with van der Waals surface area (Å²) in [6.07, 6.45) is 0.904. The zero-order chi connectivity index (χ0) is 24.0. The first-order valence-corrected chi connectivity index (χ1v) is 12.7. The fourth-order valence-corrected chi connectivity index (χ4v) is 4.95. The number of aromatic nitrogens is 1. The maximum absolute atomic E-state index is 12.4. The van der Waals surface area contributed by atoms with Gasteiger partial charge in [0.2, 0.25) is 15.9 Å². The minimum absolute atomic E-state index is 0.0707. The van der Waals surface area contributed by atoms with Gasteiger partial charge in [0.1, 0.15) is 6.61 Å². The van der Waals surface area contributed by atoms with E-state index < -0.39 is 16.0 Å². The largest absolute Gasteiger partial charge is 0.456 e. The molecule has 0 saturated carbocycles. The van der Waals surface area contributed by atoms with E-state index in [0.29, 0.717) is 16.5 Å². The Balaban J connectivity index is 1.67. The lowest BCUT2D eigenvalue weighted by molar-refractivity contribution is -0.115. The minimum atomic E-state index is -3.59. The summed E-state index contributed by atoms with van der Waals surface area (Å²) in [5.74, 6) is -0.778. The third-order valence-electron chi connectivity index (χ3n) is 4.73. The predicted octanol–water partition coefficient (Wildman–Crippen LogP) is 4.05. The van der Waals surface area contributed by atoms with Gasteiger partial charge in [-0.25, -0.2) is 22.9 Å². The molecule has 0 bridgehead atoms. The van der Waals surface area contributed by atoms with Crippen molar-refractivity contribution in [2.75, 3.05) is 11.4 Å². The SMILES string of the molecule is CCNS(=O)(=O)c1ccc(C(=O)OCc2csc(N(C(C)=O)c3ccc(CC)cc3)n2)cc1. The maximum Gasteiger partial charge on any atom is 0.338 e. The van der Waals surface area contributed by atoms with Gasteiger partial charge in [0.25, 0.3) is 0 Å². The Labute approximate surface area is 197 Å². The van der Waals surface area contributed by atoms with Crippen LogP contribution in [0.5, 0.6) is 0 Å². The first kappa shape index (κ1) is 24.6. The molecule has 0 fully saturated rings. The molecule has 0 spiro atoms. The predicted molar refractivity (Wildman–Crippen MR) is 127 cm³/mol. The molecular weight excluding hydrogens is 462 g/mol. The zero-order valence-corrected chi connectivity index (χ0v) is 20.2. The number of sulfonamides is 1. The quantitative estimate of drug-likeness (QED) is 0.457. The number of esters is 1. The van der Waals surface area contributed by atoms with E-state index >= 15 is 0 Å². The van der Waals surface area contributed by atoms with Gasteiger partial charge in [-0.15, -0.1) is 11.3 Å². The van der Waals surface area contributed by atoms with Gasteiger partial charge in [-0.3, -0.25) is 9.69 Å². The molecule has 0 saturated heterocycles. The number of nitrogens with one attached hydrogen (secondary N) is 1. The average molecular weight is 488 g/mol. The molecule has 8 nitrogen and oxygen atoms in total. The summed E-state index contributed by atoms with van der Waals surface area (Å²) in [5.41, 5.74) is 2.61. The van der Waals surface area contributed by atoms with E-state index in [1.54, 1.807) is 12.3 Å². The summed E-state index contributed by atoms with van der Waals surface area (Å²) in [7, 11) is -3.59. The summed E-state index contributed by atoms with van der Waals surface area (Å²) in [4.78, 5) is 30.6. The van der Waals surface area contributed by atoms with Crippen molar-refractivity contribution in [3.8, 4) is 0 Å². The van der Waals surface area contributed by atoms with Crippen LogP contribution in [0.3, 0.4) is 0 Å². The molecule has 0 unspecified atom stereocenters.